The van der Waals surface area contributed by atoms with Crippen LogP contribution in [0.1, 0.15) is 10.6 Å². The maximum absolute atomic E-state index is 12.5. The van der Waals surface area contributed by atoms with Crippen molar-refractivity contribution in [1.82, 2.24) is 5.16 Å². The summed E-state index contributed by atoms with van der Waals surface area (Å²) in [6, 6.07) is 18.3. The Kier molecular flexibility index (Phi) is 5.16. The molecule has 0 radical (unpaired) electrons. The summed E-state index contributed by atoms with van der Waals surface area (Å²) in [4.78, 5) is 25.8. The zero-order valence-electron chi connectivity index (χ0n) is 14.8. The maximum atomic E-state index is 12.5. The Balaban J connectivity index is 1.44. The second-order valence-corrected chi connectivity index (χ2v) is 7.23. The molecule has 2 amide bonds. The molecule has 0 aliphatic carbocycles. The molecule has 0 spiro atoms. The fraction of sp³-hybridized carbons (Fsp3) is 0.0952. The van der Waals surface area contributed by atoms with Crippen molar-refractivity contribution in [3.05, 3.63) is 76.6 Å². The van der Waals surface area contributed by atoms with Crippen molar-refractivity contribution in [2.75, 3.05) is 10.6 Å². The molecule has 4 aromatic rings. The molecule has 0 saturated carbocycles. The summed E-state index contributed by atoms with van der Waals surface area (Å²) in [5.41, 5.74) is 2.32. The Morgan fingerprint density at radius 3 is 2.25 bits per heavy atom. The monoisotopic (exact) mass is 391 g/mol. The summed E-state index contributed by atoms with van der Waals surface area (Å²) in [5.74, 6) is -0.370. The third-order valence-electron chi connectivity index (χ3n) is 4.17. The molecule has 0 atom stereocenters. The van der Waals surface area contributed by atoms with Gasteiger partial charge in [0.2, 0.25) is 11.8 Å². The fourth-order valence-corrected chi connectivity index (χ4v) is 3.58. The minimum absolute atomic E-state index is 0.0779. The number of thiophene rings is 1. The van der Waals surface area contributed by atoms with Gasteiger partial charge in [-0.05, 0) is 35.7 Å². The lowest BCUT2D eigenvalue weighted by Crippen LogP contribution is -2.18. The number of carbonyl (C=O) groups is 2. The van der Waals surface area contributed by atoms with Gasteiger partial charge in [-0.2, -0.15) is 0 Å². The Hall–Kier alpha value is -3.45. The van der Waals surface area contributed by atoms with Crippen LogP contribution in [0.15, 0.2) is 70.6 Å². The van der Waals surface area contributed by atoms with Crippen LogP contribution in [0.2, 0.25) is 0 Å². The van der Waals surface area contributed by atoms with E-state index in [0.29, 0.717) is 29.1 Å². The summed E-state index contributed by atoms with van der Waals surface area (Å²) in [6.45, 7) is 0. The van der Waals surface area contributed by atoms with E-state index in [2.05, 4.69) is 15.8 Å². The van der Waals surface area contributed by atoms with Gasteiger partial charge in [0.1, 0.15) is 5.69 Å². The zero-order valence-corrected chi connectivity index (χ0v) is 15.7. The molecule has 0 aliphatic heterocycles. The number of fused-ring (bicyclic) bond motifs is 1. The SMILES string of the molecule is O=C(Cc1cccs1)Nc1ccccc1NC(=O)Cc1noc2ccccc12. The molecule has 4 rings (SSSR count). The number of aromatic nitrogens is 1. The van der Waals surface area contributed by atoms with E-state index in [1.807, 2.05) is 47.8 Å². The lowest BCUT2D eigenvalue weighted by atomic mass is 10.1. The number of amides is 2. The van der Waals surface area contributed by atoms with Gasteiger partial charge < -0.3 is 15.2 Å². The average molecular weight is 391 g/mol. The smallest absolute Gasteiger partial charge is 0.230 e. The summed E-state index contributed by atoms with van der Waals surface area (Å²) in [7, 11) is 0. The number of carbonyl (C=O) groups excluding carboxylic acids is 2. The highest BCUT2D eigenvalue weighted by Crippen LogP contribution is 2.23. The van der Waals surface area contributed by atoms with Crippen molar-refractivity contribution < 1.29 is 14.1 Å². The minimum Gasteiger partial charge on any atom is -0.356 e. The van der Waals surface area contributed by atoms with Crippen LogP contribution in [0.3, 0.4) is 0 Å². The molecule has 0 saturated heterocycles. The number of rotatable bonds is 6. The topological polar surface area (TPSA) is 84.2 Å². The predicted octanol–water partition coefficient (Wildman–Crippen LogP) is 4.25. The second kappa shape index (κ2) is 8.06. The van der Waals surface area contributed by atoms with Gasteiger partial charge in [-0.15, -0.1) is 11.3 Å². The van der Waals surface area contributed by atoms with E-state index in [9.17, 15) is 9.59 Å². The largest absolute Gasteiger partial charge is 0.356 e. The van der Waals surface area contributed by atoms with Gasteiger partial charge in [0.05, 0.1) is 24.2 Å². The highest BCUT2D eigenvalue weighted by atomic mass is 32.1. The first-order valence-electron chi connectivity index (χ1n) is 8.73. The lowest BCUT2D eigenvalue weighted by Gasteiger charge is -2.11. The van der Waals surface area contributed by atoms with Crippen LogP contribution < -0.4 is 10.6 Å². The Bertz CT molecular complexity index is 1120. The quantitative estimate of drug-likeness (QED) is 0.515. The van der Waals surface area contributed by atoms with Crippen LogP contribution in [-0.2, 0) is 22.4 Å². The highest BCUT2D eigenvalue weighted by Gasteiger charge is 2.14. The number of anilines is 2. The number of nitrogens with zero attached hydrogens (tertiary/aromatic N) is 1. The van der Waals surface area contributed by atoms with Crippen LogP contribution in [-0.4, -0.2) is 17.0 Å². The van der Waals surface area contributed by atoms with Crippen molar-refractivity contribution in [3.8, 4) is 0 Å². The van der Waals surface area contributed by atoms with Crippen LogP contribution in [0.25, 0.3) is 11.0 Å². The molecular formula is C21H17N3O3S. The van der Waals surface area contributed by atoms with Crippen molar-refractivity contribution in [2.45, 2.75) is 12.8 Å². The first kappa shape index (κ1) is 17.9. The van der Waals surface area contributed by atoms with E-state index in [1.165, 1.54) is 11.3 Å². The lowest BCUT2D eigenvalue weighted by molar-refractivity contribution is -0.116. The van der Waals surface area contributed by atoms with Crippen LogP contribution in [0.4, 0.5) is 11.4 Å². The molecule has 2 N–H and O–H groups in total. The average Bonchev–Trinajstić information content (AvgIpc) is 3.34. The van der Waals surface area contributed by atoms with Crippen molar-refractivity contribution in [3.63, 3.8) is 0 Å². The van der Waals surface area contributed by atoms with Gasteiger partial charge in [-0.3, -0.25) is 9.59 Å². The molecule has 140 valence electrons. The predicted molar refractivity (Wildman–Crippen MR) is 109 cm³/mol. The first-order chi connectivity index (χ1) is 13.7. The molecule has 7 heteroatoms. The minimum atomic E-state index is -0.237. The second-order valence-electron chi connectivity index (χ2n) is 6.20. The van der Waals surface area contributed by atoms with Crippen molar-refractivity contribution >= 4 is 45.5 Å². The first-order valence-corrected chi connectivity index (χ1v) is 9.61. The van der Waals surface area contributed by atoms with Gasteiger partial charge in [0, 0.05) is 10.3 Å². The fourth-order valence-electron chi connectivity index (χ4n) is 2.88. The summed E-state index contributed by atoms with van der Waals surface area (Å²) in [5, 5.41) is 12.4. The van der Waals surface area contributed by atoms with Gasteiger partial charge in [0.25, 0.3) is 0 Å². The van der Waals surface area contributed by atoms with Crippen LogP contribution in [0, 0.1) is 0 Å². The molecule has 0 fully saturated rings. The van der Waals surface area contributed by atoms with E-state index in [-0.39, 0.29) is 18.2 Å². The molecule has 2 aromatic carbocycles. The number of benzene rings is 2. The van der Waals surface area contributed by atoms with E-state index in [1.54, 1.807) is 18.2 Å². The molecule has 0 bridgehead atoms. The molecule has 2 heterocycles. The summed E-state index contributed by atoms with van der Waals surface area (Å²) in [6.07, 6.45) is 0.374. The third kappa shape index (κ3) is 4.10. The number of nitrogens with one attached hydrogen (secondary N) is 2. The zero-order chi connectivity index (χ0) is 19.3. The number of para-hydroxylation sites is 3. The van der Waals surface area contributed by atoms with Gasteiger partial charge in [-0.1, -0.05) is 35.5 Å². The number of hydrogen-bond donors (Lipinski definition) is 2. The highest BCUT2D eigenvalue weighted by molar-refractivity contribution is 7.10. The van der Waals surface area contributed by atoms with E-state index < -0.39 is 0 Å². The summed E-state index contributed by atoms with van der Waals surface area (Å²) < 4.78 is 5.24. The Labute approximate surface area is 165 Å². The van der Waals surface area contributed by atoms with E-state index in [0.717, 1.165) is 10.3 Å². The van der Waals surface area contributed by atoms with Gasteiger partial charge >= 0.3 is 0 Å². The van der Waals surface area contributed by atoms with Crippen molar-refractivity contribution in [2.24, 2.45) is 0 Å². The van der Waals surface area contributed by atoms with Crippen LogP contribution >= 0.6 is 11.3 Å². The Morgan fingerprint density at radius 2 is 1.54 bits per heavy atom. The van der Waals surface area contributed by atoms with Gasteiger partial charge in [-0.25, -0.2) is 0 Å². The van der Waals surface area contributed by atoms with E-state index >= 15 is 0 Å². The molecule has 0 unspecified atom stereocenters. The molecule has 28 heavy (non-hydrogen) atoms. The number of hydrogen-bond acceptors (Lipinski definition) is 5. The maximum Gasteiger partial charge on any atom is 0.230 e. The van der Waals surface area contributed by atoms with E-state index in [4.69, 9.17) is 4.52 Å². The molecule has 2 aromatic heterocycles. The molecular weight excluding hydrogens is 374 g/mol. The van der Waals surface area contributed by atoms with Gasteiger partial charge in [0.15, 0.2) is 5.58 Å². The Morgan fingerprint density at radius 1 is 0.857 bits per heavy atom. The normalized spacial score (nSPS) is 10.7. The molecule has 0 aliphatic rings. The summed E-state index contributed by atoms with van der Waals surface area (Å²) >= 11 is 1.53. The van der Waals surface area contributed by atoms with Crippen molar-refractivity contribution in [1.29, 1.82) is 0 Å². The standard InChI is InChI=1S/C21H17N3O3S/c25-20(12-14-6-5-11-28-14)22-16-8-2-3-9-17(16)23-21(26)13-18-15-7-1-4-10-19(15)27-24-18/h1-11H,12-13H2,(H,22,25)(H,23,26). The third-order valence-corrected chi connectivity index (χ3v) is 5.05. The molecule has 6 nitrogen and oxygen atoms in total. The van der Waals surface area contributed by atoms with Crippen LogP contribution in [0.5, 0.6) is 0 Å².